The summed E-state index contributed by atoms with van der Waals surface area (Å²) in [6.07, 6.45) is 0.497. The van der Waals surface area contributed by atoms with Crippen LogP contribution in [-0.4, -0.2) is 5.91 Å². The highest BCUT2D eigenvalue weighted by molar-refractivity contribution is 5.91. The van der Waals surface area contributed by atoms with Gasteiger partial charge in [0.05, 0.1) is 0 Å². The van der Waals surface area contributed by atoms with Crippen molar-refractivity contribution in [3.63, 3.8) is 0 Å². The van der Waals surface area contributed by atoms with Gasteiger partial charge in [0.25, 0.3) is 0 Å². The zero-order chi connectivity index (χ0) is 14.5. The fraction of sp³-hybridized carbons (Fsp3) is 0.278. The van der Waals surface area contributed by atoms with Crippen LogP contribution in [0.2, 0.25) is 0 Å². The molecule has 0 saturated heterocycles. The molecule has 2 aromatic rings. The molecule has 104 valence electrons. The number of hydrogen-bond acceptors (Lipinski definition) is 1. The summed E-state index contributed by atoms with van der Waals surface area (Å²) in [5.74, 6) is 0.281. The predicted octanol–water partition coefficient (Wildman–Crippen LogP) is 4.44. The maximum absolute atomic E-state index is 12.0. The van der Waals surface area contributed by atoms with Crippen LogP contribution in [-0.2, 0) is 4.79 Å². The van der Waals surface area contributed by atoms with E-state index in [0.717, 1.165) is 5.69 Å². The van der Waals surface area contributed by atoms with Crippen molar-refractivity contribution in [2.75, 3.05) is 5.32 Å². The van der Waals surface area contributed by atoms with Crippen molar-refractivity contribution in [2.45, 2.75) is 33.1 Å². The second-order valence-electron chi connectivity index (χ2n) is 5.43. The van der Waals surface area contributed by atoms with Gasteiger partial charge in [-0.3, -0.25) is 4.79 Å². The quantitative estimate of drug-likeness (QED) is 0.872. The minimum atomic E-state index is 0.0573. The first-order chi connectivity index (χ1) is 9.54. The van der Waals surface area contributed by atoms with Crippen LogP contribution in [0.4, 0.5) is 5.69 Å². The van der Waals surface area contributed by atoms with Gasteiger partial charge >= 0.3 is 0 Å². The molecule has 2 heteroatoms. The van der Waals surface area contributed by atoms with Gasteiger partial charge in [-0.15, -0.1) is 0 Å². The van der Waals surface area contributed by atoms with Crippen molar-refractivity contribution in [1.29, 1.82) is 0 Å². The summed E-state index contributed by atoms with van der Waals surface area (Å²) in [6, 6.07) is 16.2. The normalized spacial score (nSPS) is 11.9. The zero-order valence-electron chi connectivity index (χ0n) is 12.3. The molecule has 0 radical (unpaired) electrons. The van der Waals surface area contributed by atoms with E-state index in [1.165, 1.54) is 16.7 Å². The Bertz CT molecular complexity index is 569. The third kappa shape index (κ3) is 3.95. The Morgan fingerprint density at radius 3 is 2.00 bits per heavy atom. The SMILES string of the molecule is Cc1ccc(NC(=O)C[C@H](C)c2ccc(C)cc2)cc1. The van der Waals surface area contributed by atoms with Gasteiger partial charge in [-0.05, 0) is 37.5 Å². The molecule has 2 rings (SSSR count). The first-order valence-electron chi connectivity index (χ1n) is 6.97. The number of amides is 1. The highest BCUT2D eigenvalue weighted by Crippen LogP contribution is 2.20. The van der Waals surface area contributed by atoms with Gasteiger partial charge in [0.2, 0.25) is 5.91 Å². The molecule has 2 nitrogen and oxygen atoms in total. The Balaban J connectivity index is 1.93. The molecule has 20 heavy (non-hydrogen) atoms. The van der Waals surface area contributed by atoms with Crippen LogP contribution in [0.1, 0.15) is 36.0 Å². The molecule has 0 heterocycles. The van der Waals surface area contributed by atoms with E-state index < -0.39 is 0 Å². The molecule has 0 aliphatic heterocycles. The van der Waals surface area contributed by atoms with Crippen LogP contribution < -0.4 is 5.32 Å². The molecule has 0 aromatic heterocycles. The van der Waals surface area contributed by atoms with Crippen molar-refractivity contribution >= 4 is 11.6 Å². The van der Waals surface area contributed by atoms with E-state index >= 15 is 0 Å². The molecule has 1 amide bonds. The van der Waals surface area contributed by atoms with Crippen molar-refractivity contribution in [3.8, 4) is 0 Å². The average Bonchev–Trinajstić information content (AvgIpc) is 2.42. The van der Waals surface area contributed by atoms with Crippen molar-refractivity contribution < 1.29 is 4.79 Å². The van der Waals surface area contributed by atoms with E-state index in [1.807, 2.05) is 31.2 Å². The third-order valence-electron chi connectivity index (χ3n) is 3.47. The zero-order valence-corrected chi connectivity index (χ0v) is 12.3. The lowest BCUT2D eigenvalue weighted by molar-refractivity contribution is -0.116. The van der Waals surface area contributed by atoms with Crippen LogP contribution in [0.5, 0.6) is 0 Å². The van der Waals surface area contributed by atoms with Crippen molar-refractivity contribution in [2.24, 2.45) is 0 Å². The van der Waals surface area contributed by atoms with Gasteiger partial charge in [0, 0.05) is 12.1 Å². The van der Waals surface area contributed by atoms with E-state index in [-0.39, 0.29) is 11.8 Å². The second kappa shape index (κ2) is 6.38. The highest BCUT2D eigenvalue weighted by atomic mass is 16.1. The van der Waals surface area contributed by atoms with Crippen LogP contribution in [0.3, 0.4) is 0 Å². The fourth-order valence-corrected chi connectivity index (χ4v) is 2.14. The van der Waals surface area contributed by atoms with Gasteiger partial charge < -0.3 is 5.32 Å². The van der Waals surface area contributed by atoms with E-state index in [1.54, 1.807) is 0 Å². The summed E-state index contributed by atoms with van der Waals surface area (Å²) in [7, 11) is 0. The first-order valence-corrected chi connectivity index (χ1v) is 6.97. The summed E-state index contributed by atoms with van der Waals surface area (Å²) in [5.41, 5.74) is 4.49. The maximum Gasteiger partial charge on any atom is 0.224 e. The Morgan fingerprint density at radius 2 is 1.45 bits per heavy atom. The Morgan fingerprint density at radius 1 is 0.950 bits per heavy atom. The number of carbonyl (C=O) groups excluding carboxylic acids is 1. The van der Waals surface area contributed by atoms with Crippen molar-refractivity contribution in [1.82, 2.24) is 0 Å². The van der Waals surface area contributed by atoms with Crippen molar-refractivity contribution in [3.05, 3.63) is 65.2 Å². The van der Waals surface area contributed by atoms with Gasteiger partial charge in [-0.25, -0.2) is 0 Å². The molecule has 0 bridgehead atoms. The molecule has 0 unspecified atom stereocenters. The molecule has 0 fully saturated rings. The van der Waals surface area contributed by atoms with E-state index in [0.29, 0.717) is 6.42 Å². The average molecular weight is 267 g/mol. The maximum atomic E-state index is 12.0. The molecule has 2 aromatic carbocycles. The second-order valence-corrected chi connectivity index (χ2v) is 5.43. The molecule has 0 aliphatic rings. The first kappa shape index (κ1) is 14.3. The monoisotopic (exact) mass is 267 g/mol. The summed E-state index contributed by atoms with van der Waals surface area (Å²) < 4.78 is 0. The van der Waals surface area contributed by atoms with E-state index in [4.69, 9.17) is 0 Å². The lowest BCUT2D eigenvalue weighted by Crippen LogP contribution is -2.14. The summed E-state index contributed by atoms with van der Waals surface area (Å²) in [4.78, 5) is 12.0. The van der Waals surface area contributed by atoms with Gasteiger partial charge in [0.15, 0.2) is 0 Å². The van der Waals surface area contributed by atoms with Crippen LogP contribution in [0.25, 0.3) is 0 Å². The largest absolute Gasteiger partial charge is 0.326 e. The molecule has 0 saturated carbocycles. The van der Waals surface area contributed by atoms with Gasteiger partial charge in [0.1, 0.15) is 0 Å². The highest BCUT2D eigenvalue weighted by Gasteiger charge is 2.11. The summed E-state index contributed by atoms with van der Waals surface area (Å²) >= 11 is 0. The lowest BCUT2D eigenvalue weighted by Gasteiger charge is -2.12. The van der Waals surface area contributed by atoms with Gasteiger partial charge in [-0.1, -0.05) is 54.4 Å². The topological polar surface area (TPSA) is 29.1 Å². The number of aryl methyl sites for hydroxylation is 2. The van der Waals surface area contributed by atoms with E-state index in [9.17, 15) is 4.79 Å². The van der Waals surface area contributed by atoms with Crippen LogP contribution in [0, 0.1) is 13.8 Å². The molecule has 0 spiro atoms. The minimum Gasteiger partial charge on any atom is -0.326 e. The predicted molar refractivity (Wildman–Crippen MR) is 84.0 cm³/mol. The summed E-state index contributed by atoms with van der Waals surface area (Å²) in [6.45, 7) is 6.18. The lowest BCUT2D eigenvalue weighted by atomic mass is 9.96. The third-order valence-corrected chi connectivity index (χ3v) is 3.47. The Hall–Kier alpha value is -2.09. The Kier molecular flexibility index (Phi) is 4.57. The molecule has 0 aliphatic carbocycles. The molecule has 1 atom stereocenters. The molecular formula is C18H21NO. The number of hydrogen-bond donors (Lipinski definition) is 1. The number of benzene rings is 2. The van der Waals surface area contributed by atoms with Crippen LogP contribution in [0.15, 0.2) is 48.5 Å². The fourth-order valence-electron chi connectivity index (χ4n) is 2.14. The summed E-state index contributed by atoms with van der Waals surface area (Å²) in [5, 5.41) is 2.94. The number of carbonyl (C=O) groups is 1. The number of rotatable bonds is 4. The van der Waals surface area contributed by atoms with Crippen LogP contribution >= 0.6 is 0 Å². The minimum absolute atomic E-state index is 0.0573. The van der Waals surface area contributed by atoms with E-state index in [2.05, 4.69) is 43.4 Å². The number of anilines is 1. The standard InChI is InChI=1S/C18H21NO/c1-13-4-8-16(9-5-13)15(3)12-18(20)19-17-10-6-14(2)7-11-17/h4-11,15H,12H2,1-3H3,(H,19,20)/t15-/m0/s1. The smallest absolute Gasteiger partial charge is 0.224 e. The van der Waals surface area contributed by atoms with Gasteiger partial charge in [-0.2, -0.15) is 0 Å². The molecular weight excluding hydrogens is 246 g/mol. The number of nitrogens with one attached hydrogen (secondary N) is 1. The Labute approximate surface area is 120 Å². The molecule has 1 N–H and O–H groups in total.